The Balaban J connectivity index is 1.61. The third-order valence-electron chi connectivity index (χ3n) is 5.02. The van der Waals surface area contributed by atoms with Crippen LogP contribution < -0.4 is 5.32 Å². The van der Waals surface area contributed by atoms with Crippen molar-refractivity contribution in [2.24, 2.45) is 5.92 Å². The molecule has 29 heavy (non-hydrogen) atoms. The van der Waals surface area contributed by atoms with Gasteiger partial charge in [0.2, 0.25) is 5.91 Å². The smallest absolute Gasteiger partial charge is 0.274 e. The van der Waals surface area contributed by atoms with Crippen LogP contribution in [0.2, 0.25) is 0 Å². The van der Waals surface area contributed by atoms with Gasteiger partial charge in [0.1, 0.15) is 17.8 Å². The Morgan fingerprint density at radius 3 is 2.38 bits per heavy atom. The Hall–Kier alpha value is -2.74. The summed E-state index contributed by atoms with van der Waals surface area (Å²) in [7, 11) is 0. The summed E-state index contributed by atoms with van der Waals surface area (Å²) in [5, 5.41) is 2.84. The van der Waals surface area contributed by atoms with Crippen molar-refractivity contribution in [1.29, 1.82) is 0 Å². The van der Waals surface area contributed by atoms with Gasteiger partial charge in [0.05, 0.1) is 11.9 Å². The fourth-order valence-electron chi connectivity index (χ4n) is 3.36. The second-order valence-electron chi connectivity index (χ2n) is 8.14. The van der Waals surface area contributed by atoms with E-state index in [2.05, 4.69) is 34.0 Å². The van der Waals surface area contributed by atoms with Gasteiger partial charge in [0, 0.05) is 44.8 Å². The third-order valence-corrected chi connectivity index (χ3v) is 5.02. The highest BCUT2D eigenvalue weighted by Gasteiger charge is 2.24. The number of imidazole rings is 1. The molecular formula is C21H30N6O2. The first kappa shape index (κ1) is 21.0. The molecule has 156 valence electrons. The van der Waals surface area contributed by atoms with Crippen LogP contribution in [-0.2, 0) is 4.79 Å². The molecule has 0 spiro atoms. The van der Waals surface area contributed by atoms with Crippen molar-refractivity contribution < 1.29 is 9.59 Å². The minimum Gasteiger partial charge on any atom is -0.335 e. The monoisotopic (exact) mass is 398 g/mol. The predicted molar refractivity (Wildman–Crippen MR) is 112 cm³/mol. The molecule has 8 nitrogen and oxygen atoms in total. The van der Waals surface area contributed by atoms with Crippen molar-refractivity contribution in [2.45, 2.75) is 40.2 Å². The van der Waals surface area contributed by atoms with Gasteiger partial charge in [-0.1, -0.05) is 13.8 Å². The van der Waals surface area contributed by atoms with Crippen LogP contribution in [0.1, 0.15) is 44.6 Å². The maximum atomic E-state index is 12.7. The number of carbonyl (C=O) groups is 2. The van der Waals surface area contributed by atoms with Gasteiger partial charge in [-0.25, -0.2) is 9.97 Å². The maximum absolute atomic E-state index is 12.7. The zero-order chi connectivity index (χ0) is 21.0. The first-order chi connectivity index (χ1) is 13.8. The number of nitrogens with one attached hydrogen (secondary N) is 1. The third kappa shape index (κ3) is 5.41. The van der Waals surface area contributed by atoms with Crippen LogP contribution in [0.15, 0.2) is 30.9 Å². The highest BCUT2D eigenvalue weighted by Crippen LogP contribution is 2.14. The predicted octanol–water partition coefficient (Wildman–Crippen LogP) is 2.42. The summed E-state index contributed by atoms with van der Waals surface area (Å²) in [6.45, 7) is 11.6. The molecule has 0 aromatic carbocycles. The number of amides is 2. The van der Waals surface area contributed by atoms with Gasteiger partial charge in [0.15, 0.2) is 0 Å². The zero-order valence-corrected chi connectivity index (χ0v) is 17.6. The average Bonchev–Trinajstić information content (AvgIpc) is 3.17. The van der Waals surface area contributed by atoms with E-state index >= 15 is 0 Å². The van der Waals surface area contributed by atoms with Gasteiger partial charge in [-0.05, 0) is 31.9 Å². The molecule has 1 aliphatic heterocycles. The van der Waals surface area contributed by atoms with Gasteiger partial charge >= 0.3 is 0 Å². The van der Waals surface area contributed by atoms with E-state index < -0.39 is 0 Å². The molecule has 2 aromatic heterocycles. The van der Waals surface area contributed by atoms with Crippen LogP contribution in [0.4, 0.5) is 5.69 Å². The molecule has 2 aromatic rings. The highest BCUT2D eigenvalue weighted by atomic mass is 16.2. The van der Waals surface area contributed by atoms with E-state index in [-0.39, 0.29) is 11.8 Å². The Morgan fingerprint density at radius 2 is 1.79 bits per heavy atom. The lowest BCUT2D eigenvalue weighted by atomic mass is 10.1. The molecule has 0 bridgehead atoms. The number of piperazine rings is 1. The minimum atomic E-state index is -0.0512. The van der Waals surface area contributed by atoms with E-state index in [1.807, 2.05) is 18.7 Å². The average molecular weight is 399 g/mol. The van der Waals surface area contributed by atoms with Crippen molar-refractivity contribution in [3.8, 4) is 5.82 Å². The zero-order valence-electron chi connectivity index (χ0n) is 17.6. The number of hydrogen-bond acceptors (Lipinski definition) is 5. The Bertz CT molecular complexity index is 835. The molecule has 0 unspecified atom stereocenters. The molecule has 3 rings (SSSR count). The summed E-state index contributed by atoms with van der Waals surface area (Å²) in [5.41, 5.74) is 1.07. The molecule has 1 saturated heterocycles. The fraction of sp³-hybridized carbons (Fsp3) is 0.524. The van der Waals surface area contributed by atoms with Crippen LogP contribution in [0.25, 0.3) is 5.82 Å². The maximum Gasteiger partial charge on any atom is 0.274 e. The van der Waals surface area contributed by atoms with Crippen molar-refractivity contribution in [3.63, 3.8) is 0 Å². The Kier molecular flexibility index (Phi) is 6.64. The lowest BCUT2D eigenvalue weighted by molar-refractivity contribution is -0.116. The van der Waals surface area contributed by atoms with E-state index in [0.29, 0.717) is 48.7 Å². The molecule has 3 heterocycles. The second-order valence-corrected chi connectivity index (χ2v) is 8.14. The van der Waals surface area contributed by atoms with Gasteiger partial charge in [-0.3, -0.25) is 19.1 Å². The number of aromatic nitrogens is 3. The van der Waals surface area contributed by atoms with E-state index in [4.69, 9.17) is 0 Å². The molecule has 1 N–H and O–H groups in total. The van der Waals surface area contributed by atoms with Crippen LogP contribution in [0.5, 0.6) is 0 Å². The largest absolute Gasteiger partial charge is 0.335 e. The van der Waals surface area contributed by atoms with Crippen LogP contribution >= 0.6 is 0 Å². The quantitative estimate of drug-likeness (QED) is 0.808. The first-order valence-electron chi connectivity index (χ1n) is 10.2. The normalized spacial score (nSPS) is 15.2. The van der Waals surface area contributed by atoms with E-state index in [1.165, 1.54) is 0 Å². The number of anilines is 1. The van der Waals surface area contributed by atoms with E-state index in [0.717, 1.165) is 13.1 Å². The van der Waals surface area contributed by atoms with Gasteiger partial charge < -0.3 is 10.2 Å². The number of pyridine rings is 1. The first-order valence-corrected chi connectivity index (χ1v) is 10.2. The molecule has 0 atom stereocenters. The Morgan fingerprint density at radius 1 is 1.07 bits per heavy atom. The van der Waals surface area contributed by atoms with Gasteiger partial charge in [0.25, 0.3) is 5.91 Å². The highest BCUT2D eigenvalue weighted by molar-refractivity contribution is 5.92. The van der Waals surface area contributed by atoms with Crippen molar-refractivity contribution in [1.82, 2.24) is 24.3 Å². The summed E-state index contributed by atoms with van der Waals surface area (Å²) in [5.74, 6) is 0.868. The van der Waals surface area contributed by atoms with Crippen molar-refractivity contribution in [2.75, 3.05) is 31.5 Å². The summed E-state index contributed by atoms with van der Waals surface area (Å²) in [6.07, 6.45) is 5.38. The molecule has 1 aliphatic rings. The number of carbonyl (C=O) groups excluding carboxylic acids is 2. The van der Waals surface area contributed by atoms with Crippen molar-refractivity contribution in [3.05, 3.63) is 36.5 Å². The van der Waals surface area contributed by atoms with Crippen LogP contribution in [0, 0.1) is 5.92 Å². The van der Waals surface area contributed by atoms with E-state index in [1.54, 1.807) is 35.4 Å². The molecule has 0 radical (unpaired) electrons. The molecule has 2 amide bonds. The van der Waals surface area contributed by atoms with Crippen LogP contribution in [-0.4, -0.2) is 68.4 Å². The summed E-state index contributed by atoms with van der Waals surface area (Å²) in [6, 6.07) is 4.09. The number of nitrogens with zero attached hydrogens (tertiary/aromatic N) is 5. The topological polar surface area (TPSA) is 83.4 Å². The fourth-order valence-corrected chi connectivity index (χ4v) is 3.36. The second kappa shape index (κ2) is 9.17. The number of hydrogen-bond donors (Lipinski definition) is 1. The molecule has 0 aliphatic carbocycles. The lowest BCUT2D eigenvalue weighted by Gasteiger charge is -2.36. The Labute approximate surface area is 171 Å². The molecule has 8 heteroatoms. The van der Waals surface area contributed by atoms with Gasteiger partial charge in [-0.2, -0.15) is 0 Å². The van der Waals surface area contributed by atoms with E-state index in [9.17, 15) is 9.59 Å². The van der Waals surface area contributed by atoms with Crippen molar-refractivity contribution >= 4 is 17.5 Å². The summed E-state index contributed by atoms with van der Waals surface area (Å²) < 4.78 is 1.72. The molecule has 1 fully saturated rings. The van der Waals surface area contributed by atoms with Crippen LogP contribution in [0.3, 0.4) is 0 Å². The lowest BCUT2D eigenvalue weighted by Crippen LogP contribution is -2.50. The standard InChI is InChI=1S/C21H30N6O2/c1-15(2)11-20(28)24-17-5-6-19(22-12-17)27-13-18(23-14-27)21(29)26-9-7-25(8-10-26)16(3)4/h5-6,12-16H,7-11H2,1-4H3,(H,24,28). The summed E-state index contributed by atoms with van der Waals surface area (Å²) in [4.78, 5) is 37.5. The SMILES string of the molecule is CC(C)CC(=O)Nc1ccc(-n2cnc(C(=O)N3CCN(C(C)C)CC3)c2)nc1. The molecular weight excluding hydrogens is 368 g/mol. The van der Waals surface area contributed by atoms with Gasteiger partial charge in [-0.15, -0.1) is 0 Å². The molecule has 0 saturated carbocycles. The number of rotatable bonds is 6. The summed E-state index contributed by atoms with van der Waals surface area (Å²) >= 11 is 0. The minimum absolute atomic E-state index is 0.0253.